The highest BCUT2D eigenvalue weighted by Crippen LogP contribution is 2.21. The lowest BCUT2D eigenvalue weighted by Gasteiger charge is -2.33. The molecule has 0 spiro atoms. The largest absolute Gasteiger partial charge is 0.335 e. The zero-order valence-corrected chi connectivity index (χ0v) is 12.0. The minimum absolute atomic E-state index is 0.0234. The van der Waals surface area contributed by atoms with Crippen molar-refractivity contribution >= 4 is 17.4 Å². The SMILES string of the molecule is CC(C)c1nnsc1C(=O)N1CCN(CC#N)CC1. The Balaban J connectivity index is 2.02. The van der Waals surface area contributed by atoms with Crippen molar-refractivity contribution in [1.82, 2.24) is 19.4 Å². The molecule has 1 saturated heterocycles. The summed E-state index contributed by atoms with van der Waals surface area (Å²) >= 11 is 1.17. The summed E-state index contributed by atoms with van der Waals surface area (Å²) < 4.78 is 3.89. The maximum atomic E-state index is 12.4. The first-order valence-electron chi connectivity index (χ1n) is 6.34. The second kappa shape index (κ2) is 6.08. The van der Waals surface area contributed by atoms with Crippen LogP contribution in [0, 0.1) is 11.3 Å². The van der Waals surface area contributed by atoms with E-state index in [1.807, 2.05) is 18.7 Å². The fourth-order valence-corrected chi connectivity index (χ4v) is 2.86. The van der Waals surface area contributed by atoms with Crippen LogP contribution in [0.15, 0.2) is 0 Å². The van der Waals surface area contributed by atoms with Gasteiger partial charge < -0.3 is 4.90 Å². The summed E-state index contributed by atoms with van der Waals surface area (Å²) in [6, 6.07) is 2.14. The summed E-state index contributed by atoms with van der Waals surface area (Å²) in [4.78, 5) is 17.0. The lowest BCUT2D eigenvalue weighted by molar-refractivity contribution is 0.0655. The van der Waals surface area contributed by atoms with Gasteiger partial charge in [0.1, 0.15) is 4.88 Å². The lowest BCUT2D eigenvalue weighted by Crippen LogP contribution is -2.48. The minimum atomic E-state index is 0.0234. The molecule has 2 rings (SSSR count). The lowest BCUT2D eigenvalue weighted by atomic mass is 10.1. The van der Waals surface area contributed by atoms with Gasteiger partial charge in [0, 0.05) is 26.2 Å². The summed E-state index contributed by atoms with van der Waals surface area (Å²) in [6.07, 6.45) is 0. The van der Waals surface area contributed by atoms with Crippen molar-refractivity contribution < 1.29 is 4.79 Å². The van der Waals surface area contributed by atoms with Crippen molar-refractivity contribution in [1.29, 1.82) is 5.26 Å². The van der Waals surface area contributed by atoms with Crippen LogP contribution in [0.4, 0.5) is 0 Å². The quantitative estimate of drug-likeness (QED) is 0.770. The van der Waals surface area contributed by atoms with E-state index in [0.29, 0.717) is 24.5 Å². The summed E-state index contributed by atoms with van der Waals surface area (Å²) in [7, 11) is 0. The highest BCUT2D eigenvalue weighted by Gasteiger charge is 2.26. The normalized spacial score (nSPS) is 16.6. The molecule has 102 valence electrons. The van der Waals surface area contributed by atoms with Crippen molar-refractivity contribution in [2.24, 2.45) is 0 Å². The molecule has 1 aliphatic rings. The van der Waals surface area contributed by atoms with E-state index < -0.39 is 0 Å². The van der Waals surface area contributed by atoms with Gasteiger partial charge in [-0.25, -0.2) is 0 Å². The first-order chi connectivity index (χ1) is 9.13. The van der Waals surface area contributed by atoms with E-state index in [9.17, 15) is 4.79 Å². The molecule has 2 heterocycles. The van der Waals surface area contributed by atoms with E-state index in [1.54, 1.807) is 0 Å². The molecular weight excluding hydrogens is 262 g/mol. The summed E-state index contributed by atoms with van der Waals surface area (Å²) in [5.41, 5.74) is 0.787. The molecule has 0 atom stereocenters. The van der Waals surface area contributed by atoms with Gasteiger partial charge in [-0.2, -0.15) is 5.26 Å². The molecule has 1 aromatic heterocycles. The Morgan fingerprint density at radius 1 is 1.42 bits per heavy atom. The number of nitriles is 1. The fourth-order valence-electron chi connectivity index (χ4n) is 2.08. The highest BCUT2D eigenvalue weighted by molar-refractivity contribution is 7.08. The summed E-state index contributed by atoms with van der Waals surface area (Å²) in [6.45, 7) is 7.29. The van der Waals surface area contributed by atoms with Gasteiger partial charge in [0.15, 0.2) is 0 Å². The van der Waals surface area contributed by atoms with Gasteiger partial charge in [0.25, 0.3) is 5.91 Å². The second-order valence-corrected chi connectivity index (χ2v) is 5.62. The molecular formula is C12H17N5OS. The third-order valence-corrected chi connectivity index (χ3v) is 3.94. The Labute approximate surface area is 116 Å². The topological polar surface area (TPSA) is 73.1 Å². The zero-order chi connectivity index (χ0) is 13.8. The highest BCUT2D eigenvalue weighted by atomic mass is 32.1. The molecule has 0 aromatic carbocycles. The van der Waals surface area contributed by atoms with Crippen LogP contribution in [0.5, 0.6) is 0 Å². The third kappa shape index (κ3) is 3.08. The number of nitrogens with zero attached hydrogens (tertiary/aromatic N) is 5. The molecule has 0 aliphatic carbocycles. The predicted molar refractivity (Wildman–Crippen MR) is 72.0 cm³/mol. The smallest absolute Gasteiger partial charge is 0.267 e. The molecule has 0 radical (unpaired) electrons. The van der Waals surface area contributed by atoms with E-state index >= 15 is 0 Å². The monoisotopic (exact) mass is 279 g/mol. The number of rotatable bonds is 3. The number of carbonyl (C=O) groups excluding carboxylic acids is 1. The van der Waals surface area contributed by atoms with Crippen LogP contribution in [0.3, 0.4) is 0 Å². The van der Waals surface area contributed by atoms with Crippen LogP contribution in [-0.2, 0) is 0 Å². The second-order valence-electron chi connectivity index (χ2n) is 4.87. The molecule has 1 fully saturated rings. The van der Waals surface area contributed by atoms with Crippen LogP contribution in [0.1, 0.15) is 35.1 Å². The average molecular weight is 279 g/mol. The van der Waals surface area contributed by atoms with Crippen LogP contribution in [0.25, 0.3) is 0 Å². The van der Waals surface area contributed by atoms with Crippen LogP contribution in [0.2, 0.25) is 0 Å². The zero-order valence-electron chi connectivity index (χ0n) is 11.2. The van der Waals surface area contributed by atoms with Crippen molar-refractivity contribution in [3.8, 4) is 6.07 Å². The average Bonchev–Trinajstić information content (AvgIpc) is 2.88. The van der Waals surface area contributed by atoms with Crippen molar-refractivity contribution in [2.75, 3.05) is 32.7 Å². The van der Waals surface area contributed by atoms with Gasteiger partial charge >= 0.3 is 0 Å². The van der Waals surface area contributed by atoms with E-state index in [-0.39, 0.29) is 11.8 Å². The Morgan fingerprint density at radius 2 is 2.11 bits per heavy atom. The fraction of sp³-hybridized carbons (Fsp3) is 0.667. The molecule has 19 heavy (non-hydrogen) atoms. The molecule has 0 bridgehead atoms. The number of aromatic nitrogens is 2. The van der Waals surface area contributed by atoms with Gasteiger partial charge in [0.05, 0.1) is 18.3 Å². The van der Waals surface area contributed by atoms with Gasteiger partial charge in [0.2, 0.25) is 0 Å². The van der Waals surface area contributed by atoms with Gasteiger partial charge in [-0.05, 0) is 17.5 Å². The van der Waals surface area contributed by atoms with Crippen molar-refractivity contribution in [3.05, 3.63) is 10.6 Å². The van der Waals surface area contributed by atoms with E-state index in [1.165, 1.54) is 11.5 Å². The van der Waals surface area contributed by atoms with Crippen LogP contribution in [-0.4, -0.2) is 58.0 Å². The molecule has 0 saturated carbocycles. The van der Waals surface area contributed by atoms with Gasteiger partial charge in [-0.3, -0.25) is 9.69 Å². The van der Waals surface area contributed by atoms with E-state index in [0.717, 1.165) is 18.8 Å². The number of carbonyl (C=O) groups is 1. The first kappa shape index (κ1) is 13.9. The number of hydrogen-bond acceptors (Lipinski definition) is 6. The van der Waals surface area contributed by atoms with Gasteiger partial charge in [-0.15, -0.1) is 5.10 Å². The van der Waals surface area contributed by atoms with Crippen LogP contribution < -0.4 is 0 Å². The number of piperazine rings is 1. The minimum Gasteiger partial charge on any atom is -0.335 e. The molecule has 6 nitrogen and oxygen atoms in total. The molecule has 0 N–H and O–H groups in total. The molecule has 7 heteroatoms. The van der Waals surface area contributed by atoms with E-state index in [2.05, 4.69) is 20.6 Å². The molecule has 1 aromatic rings. The number of amides is 1. The standard InChI is InChI=1S/C12H17N5OS/c1-9(2)10-11(19-15-14-10)12(18)17-7-5-16(4-3-13)6-8-17/h9H,4-8H2,1-2H3. The van der Waals surface area contributed by atoms with Crippen molar-refractivity contribution in [2.45, 2.75) is 19.8 Å². The summed E-state index contributed by atoms with van der Waals surface area (Å²) in [5, 5.41) is 12.7. The molecule has 1 aliphatic heterocycles. The molecule has 1 amide bonds. The maximum absolute atomic E-state index is 12.4. The van der Waals surface area contributed by atoms with Crippen molar-refractivity contribution in [3.63, 3.8) is 0 Å². The first-order valence-corrected chi connectivity index (χ1v) is 7.11. The Morgan fingerprint density at radius 3 is 2.68 bits per heavy atom. The maximum Gasteiger partial charge on any atom is 0.267 e. The third-order valence-electron chi connectivity index (χ3n) is 3.21. The van der Waals surface area contributed by atoms with Gasteiger partial charge in [-0.1, -0.05) is 18.3 Å². The van der Waals surface area contributed by atoms with E-state index in [4.69, 9.17) is 5.26 Å². The number of hydrogen-bond donors (Lipinski definition) is 0. The summed E-state index contributed by atoms with van der Waals surface area (Å²) in [5.74, 6) is 0.230. The predicted octanol–water partition coefficient (Wildman–Crippen LogP) is 0.943. The Bertz CT molecular complexity index is 485. The van der Waals surface area contributed by atoms with Crippen LogP contribution >= 0.6 is 11.5 Å². The Hall–Kier alpha value is -1.52. The molecule has 0 unspecified atom stereocenters. The Kier molecular flexibility index (Phi) is 4.45.